The summed E-state index contributed by atoms with van der Waals surface area (Å²) in [5.41, 5.74) is 1.60. The van der Waals surface area contributed by atoms with Crippen LogP contribution in [-0.4, -0.2) is 21.9 Å². The minimum Gasteiger partial charge on any atom is -0.348 e. The highest BCUT2D eigenvalue weighted by Gasteiger charge is 2.33. The van der Waals surface area contributed by atoms with Crippen LogP contribution in [0, 0.1) is 11.3 Å². The van der Waals surface area contributed by atoms with E-state index in [1.54, 1.807) is 18.5 Å². The molecule has 0 aliphatic heterocycles. The Labute approximate surface area is 145 Å². The van der Waals surface area contributed by atoms with E-state index in [-0.39, 0.29) is 11.9 Å². The highest BCUT2D eigenvalue weighted by atomic mass is 79.9. The van der Waals surface area contributed by atoms with E-state index in [1.807, 2.05) is 6.07 Å². The van der Waals surface area contributed by atoms with Crippen LogP contribution >= 0.6 is 15.9 Å². The Morgan fingerprint density at radius 1 is 1.35 bits per heavy atom. The van der Waals surface area contributed by atoms with Crippen molar-refractivity contribution in [2.24, 2.45) is 11.3 Å². The van der Waals surface area contributed by atoms with Gasteiger partial charge >= 0.3 is 0 Å². The van der Waals surface area contributed by atoms with Crippen LogP contribution in [0.5, 0.6) is 0 Å². The van der Waals surface area contributed by atoms with Crippen LogP contribution in [0.25, 0.3) is 10.9 Å². The number of carbonyl (C=O) groups is 1. The molecule has 0 radical (unpaired) electrons. The molecular weight excluding hydrogens is 354 g/mol. The molecule has 0 bridgehead atoms. The second kappa shape index (κ2) is 6.19. The predicted molar refractivity (Wildman–Crippen MR) is 95.3 cm³/mol. The van der Waals surface area contributed by atoms with Crippen molar-refractivity contribution in [1.29, 1.82) is 0 Å². The first-order valence-corrected chi connectivity index (χ1v) is 8.86. The highest BCUT2D eigenvalue weighted by Crippen LogP contribution is 2.38. The number of hydrogen-bond acceptors (Lipinski definition) is 3. The van der Waals surface area contributed by atoms with Gasteiger partial charge in [0.15, 0.2) is 0 Å². The lowest BCUT2D eigenvalue weighted by molar-refractivity contribution is 0.0857. The zero-order valence-electron chi connectivity index (χ0n) is 13.8. The first-order chi connectivity index (χ1) is 10.9. The highest BCUT2D eigenvalue weighted by molar-refractivity contribution is 9.10. The summed E-state index contributed by atoms with van der Waals surface area (Å²) in [6, 6.07) is 3.89. The molecule has 0 saturated heterocycles. The maximum absolute atomic E-state index is 12.6. The minimum atomic E-state index is -0.0906. The maximum atomic E-state index is 12.6. The molecule has 2 aromatic heterocycles. The second-order valence-corrected chi connectivity index (χ2v) is 8.21. The van der Waals surface area contributed by atoms with Gasteiger partial charge in [-0.1, -0.05) is 20.8 Å². The number of halogens is 1. The van der Waals surface area contributed by atoms with E-state index in [2.05, 4.69) is 52.0 Å². The van der Waals surface area contributed by atoms with Gasteiger partial charge in [0.1, 0.15) is 5.69 Å². The molecule has 2 unspecified atom stereocenters. The molecule has 2 aromatic rings. The van der Waals surface area contributed by atoms with Crippen molar-refractivity contribution < 1.29 is 4.79 Å². The number of fused-ring (bicyclic) bond motifs is 1. The lowest BCUT2D eigenvalue weighted by atomic mass is 9.70. The average molecular weight is 376 g/mol. The Balaban J connectivity index is 1.77. The van der Waals surface area contributed by atoms with Gasteiger partial charge in [-0.3, -0.25) is 9.78 Å². The maximum Gasteiger partial charge on any atom is 0.270 e. The van der Waals surface area contributed by atoms with Crippen LogP contribution in [0.2, 0.25) is 0 Å². The Morgan fingerprint density at radius 3 is 2.87 bits per heavy atom. The minimum absolute atomic E-state index is 0.0906. The summed E-state index contributed by atoms with van der Waals surface area (Å²) in [5.74, 6) is 0.395. The first kappa shape index (κ1) is 16.4. The molecule has 4 nitrogen and oxygen atoms in total. The van der Waals surface area contributed by atoms with E-state index in [0.717, 1.165) is 34.6 Å². The summed E-state index contributed by atoms with van der Waals surface area (Å²) in [5, 5.41) is 4.09. The van der Waals surface area contributed by atoms with E-state index in [0.29, 0.717) is 17.0 Å². The molecular formula is C18H22BrN3O. The summed E-state index contributed by atoms with van der Waals surface area (Å²) >= 11 is 3.44. The molecule has 3 rings (SSSR count). The molecule has 122 valence electrons. The summed E-state index contributed by atoms with van der Waals surface area (Å²) < 4.78 is 0.803. The summed E-state index contributed by atoms with van der Waals surface area (Å²) in [4.78, 5) is 21.2. The Hall–Kier alpha value is -1.49. The number of aromatic nitrogens is 2. The normalized spacial score (nSPS) is 23.7. The van der Waals surface area contributed by atoms with Crippen molar-refractivity contribution in [3.8, 4) is 0 Å². The molecule has 1 aliphatic carbocycles. The number of nitrogens with one attached hydrogen (secondary N) is 1. The number of carbonyl (C=O) groups excluding carboxylic acids is 1. The average Bonchev–Trinajstić information content (AvgIpc) is 2.49. The van der Waals surface area contributed by atoms with E-state index < -0.39 is 0 Å². The SMILES string of the molecule is CC1CC(C)(C)CCC1NC(=O)c1ccc2cncc(Br)c2n1. The standard InChI is InChI=1S/C18H22BrN3O/c1-11-8-18(2,3)7-6-14(11)22-17(23)15-5-4-12-9-20-10-13(19)16(12)21-15/h4-5,9-11,14H,6-8H2,1-3H3,(H,22,23). The smallest absolute Gasteiger partial charge is 0.270 e. The topological polar surface area (TPSA) is 54.9 Å². The van der Waals surface area contributed by atoms with Gasteiger partial charge in [0, 0.05) is 23.8 Å². The fraction of sp³-hybridized carbons (Fsp3) is 0.500. The van der Waals surface area contributed by atoms with Crippen molar-refractivity contribution in [1.82, 2.24) is 15.3 Å². The third kappa shape index (κ3) is 3.55. The molecule has 2 atom stereocenters. The van der Waals surface area contributed by atoms with E-state index in [9.17, 15) is 4.79 Å². The van der Waals surface area contributed by atoms with Crippen LogP contribution in [0.4, 0.5) is 0 Å². The molecule has 1 N–H and O–H groups in total. The van der Waals surface area contributed by atoms with Gasteiger partial charge in [0.05, 0.1) is 9.99 Å². The largest absolute Gasteiger partial charge is 0.348 e. The number of nitrogens with zero attached hydrogens (tertiary/aromatic N) is 2. The van der Waals surface area contributed by atoms with Crippen LogP contribution < -0.4 is 5.32 Å². The predicted octanol–water partition coefficient (Wildman–Crippen LogP) is 4.34. The van der Waals surface area contributed by atoms with Gasteiger partial charge in [-0.2, -0.15) is 0 Å². The van der Waals surface area contributed by atoms with Crippen molar-refractivity contribution in [2.75, 3.05) is 0 Å². The first-order valence-electron chi connectivity index (χ1n) is 8.07. The third-order valence-electron chi connectivity index (χ3n) is 4.80. The van der Waals surface area contributed by atoms with Crippen LogP contribution in [0.1, 0.15) is 50.5 Å². The summed E-state index contributed by atoms with van der Waals surface area (Å²) in [6.45, 7) is 6.83. The fourth-order valence-corrected chi connectivity index (χ4v) is 3.98. The van der Waals surface area contributed by atoms with E-state index >= 15 is 0 Å². The lowest BCUT2D eigenvalue weighted by Gasteiger charge is -2.39. The monoisotopic (exact) mass is 375 g/mol. The quantitative estimate of drug-likeness (QED) is 0.849. The van der Waals surface area contributed by atoms with Gasteiger partial charge in [-0.15, -0.1) is 0 Å². The Morgan fingerprint density at radius 2 is 2.13 bits per heavy atom. The fourth-order valence-electron chi connectivity index (χ4n) is 3.54. The van der Waals surface area contributed by atoms with Gasteiger partial charge in [0.25, 0.3) is 5.91 Å². The zero-order chi connectivity index (χ0) is 16.6. The van der Waals surface area contributed by atoms with Gasteiger partial charge in [0.2, 0.25) is 0 Å². The number of amides is 1. The molecule has 23 heavy (non-hydrogen) atoms. The van der Waals surface area contributed by atoms with Crippen molar-refractivity contribution in [3.05, 3.63) is 34.7 Å². The lowest BCUT2D eigenvalue weighted by Crippen LogP contribution is -2.44. The molecule has 1 fully saturated rings. The molecule has 5 heteroatoms. The zero-order valence-corrected chi connectivity index (χ0v) is 15.4. The van der Waals surface area contributed by atoms with Crippen molar-refractivity contribution >= 4 is 32.7 Å². The molecule has 0 spiro atoms. The second-order valence-electron chi connectivity index (χ2n) is 7.35. The summed E-state index contributed by atoms with van der Waals surface area (Å²) in [6.07, 6.45) is 6.76. The Bertz CT molecular complexity index is 744. The molecule has 1 saturated carbocycles. The van der Waals surface area contributed by atoms with Crippen LogP contribution in [0.3, 0.4) is 0 Å². The van der Waals surface area contributed by atoms with E-state index in [4.69, 9.17) is 0 Å². The molecule has 1 amide bonds. The van der Waals surface area contributed by atoms with Gasteiger partial charge in [-0.25, -0.2) is 4.98 Å². The number of rotatable bonds is 2. The Kier molecular flexibility index (Phi) is 4.41. The van der Waals surface area contributed by atoms with E-state index in [1.165, 1.54) is 0 Å². The van der Waals surface area contributed by atoms with Crippen LogP contribution in [0.15, 0.2) is 29.0 Å². The molecule has 1 aliphatic rings. The molecule has 2 heterocycles. The third-order valence-corrected chi connectivity index (χ3v) is 5.38. The van der Waals surface area contributed by atoms with Crippen molar-refractivity contribution in [3.63, 3.8) is 0 Å². The van der Waals surface area contributed by atoms with Gasteiger partial charge < -0.3 is 5.32 Å². The number of hydrogen-bond donors (Lipinski definition) is 1. The van der Waals surface area contributed by atoms with Crippen LogP contribution in [-0.2, 0) is 0 Å². The van der Waals surface area contributed by atoms with Crippen molar-refractivity contribution in [2.45, 2.75) is 46.1 Å². The molecule has 0 aromatic carbocycles. The number of pyridine rings is 2. The van der Waals surface area contributed by atoms with Gasteiger partial charge in [-0.05, 0) is 58.7 Å². The summed E-state index contributed by atoms with van der Waals surface area (Å²) in [7, 11) is 0.